The average Bonchev–Trinajstić information content (AvgIpc) is 2.62. The van der Waals surface area contributed by atoms with E-state index in [9.17, 15) is 18.0 Å². The van der Waals surface area contributed by atoms with E-state index in [4.69, 9.17) is 9.47 Å². The summed E-state index contributed by atoms with van der Waals surface area (Å²) in [7, 11) is -2.59. The first kappa shape index (κ1) is 19.2. The molecule has 0 spiro atoms. The minimum absolute atomic E-state index is 0.00895. The summed E-state index contributed by atoms with van der Waals surface area (Å²) in [5, 5.41) is 2.42. The Kier molecular flexibility index (Phi) is 6.12. The maximum atomic E-state index is 12.2. The van der Waals surface area contributed by atoms with E-state index < -0.39 is 22.0 Å². The monoisotopic (exact) mass is 379 g/mol. The number of methoxy groups -OCH3 is 1. The zero-order chi connectivity index (χ0) is 19.2. The minimum Gasteiger partial charge on any atom is -0.497 e. The second-order valence-electron chi connectivity index (χ2n) is 4.92. The normalized spacial score (nSPS) is 10.7. The molecule has 0 atom stereocenters. The SMILES string of the molecule is CCNC(=O)Oc1ccc(C(=O)NS(=O)(=O)c2ccc(OC)cc2)cn1. The minimum atomic E-state index is -4.05. The number of carbonyl (C=O) groups excluding carboxylic acids is 2. The fourth-order valence-electron chi connectivity index (χ4n) is 1.85. The van der Waals surface area contributed by atoms with Crippen LogP contribution >= 0.6 is 0 Å². The van der Waals surface area contributed by atoms with Gasteiger partial charge in [-0.25, -0.2) is 22.9 Å². The van der Waals surface area contributed by atoms with E-state index in [1.54, 1.807) is 6.92 Å². The highest BCUT2D eigenvalue weighted by Crippen LogP contribution is 2.16. The molecule has 0 fully saturated rings. The van der Waals surface area contributed by atoms with Gasteiger partial charge in [0.05, 0.1) is 17.6 Å². The lowest BCUT2D eigenvalue weighted by Crippen LogP contribution is -2.30. The number of carbonyl (C=O) groups is 2. The summed E-state index contributed by atoms with van der Waals surface area (Å²) in [6, 6.07) is 8.14. The molecule has 0 aliphatic carbocycles. The van der Waals surface area contributed by atoms with Gasteiger partial charge in [-0.15, -0.1) is 0 Å². The molecule has 2 N–H and O–H groups in total. The lowest BCUT2D eigenvalue weighted by molar-refractivity contribution is 0.0981. The summed E-state index contributed by atoms with van der Waals surface area (Å²) in [5.74, 6) is -0.398. The van der Waals surface area contributed by atoms with Gasteiger partial charge in [-0.1, -0.05) is 0 Å². The number of benzene rings is 1. The molecule has 1 heterocycles. The van der Waals surface area contributed by atoms with Crippen LogP contribution in [-0.2, 0) is 10.0 Å². The molecule has 0 aliphatic rings. The maximum absolute atomic E-state index is 12.2. The molecule has 1 aromatic carbocycles. The lowest BCUT2D eigenvalue weighted by atomic mass is 10.3. The quantitative estimate of drug-likeness (QED) is 0.775. The molecule has 0 saturated heterocycles. The second kappa shape index (κ2) is 8.30. The molecular weight excluding hydrogens is 362 g/mol. The third-order valence-corrected chi connectivity index (χ3v) is 4.46. The first-order valence-corrected chi connectivity index (χ1v) is 8.97. The molecule has 0 bridgehead atoms. The van der Waals surface area contributed by atoms with Gasteiger partial charge in [0.15, 0.2) is 0 Å². The molecule has 2 rings (SSSR count). The van der Waals surface area contributed by atoms with E-state index in [1.165, 1.54) is 43.5 Å². The van der Waals surface area contributed by atoms with Crippen molar-refractivity contribution < 1.29 is 27.5 Å². The lowest BCUT2D eigenvalue weighted by Gasteiger charge is -2.08. The molecule has 0 saturated carbocycles. The molecule has 2 amide bonds. The molecule has 138 valence electrons. The van der Waals surface area contributed by atoms with Crippen LogP contribution in [0.3, 0.4) is 0 Å². The molecule has 9 nitrogen and oxygen atoms in total. The summed E-state index contributed by atoms with van der Waals surface area (Å²) in [6.07, 6.45) is 0.423. The van der Waals surface area contributed by atoms with E-state index in [0.29, 0.717) is 12.3 Å². The number of rotatable bonds is 6. The van der Waals surface area contributed by atoms with Crippen LogP contribution in [0.25, 0.3) is 0 Å². The first-order valence-electron chi connectivity index (χ1n) is 7.48. The maximum Gasteiger partial charge on any atom is 0.413 e. The molecule has 0 unspecified atom stereocenters. The first-order chi connectivity index (χ1) is 12.4. The van der Waals surface area contributed by atoms with Gasteiger partial charge in [-0.3, -0.25) is 4.79 Å². The van der Waals surface area contributed by atoms with Gasteiger partial charge in [-0.05, 0) is 37.3 Å². The number of nitrogens with one attached hydrogen (secondary N) is 2. The molecular formula is C16H17N3O6S. The fourth-order valence-corrected chi connectivity index (χ4v) is 2.82. The third-order valence-electron chi connectivity index (χ3n) is 3.11. The molecule has 26 heavy (non-hydrogen) atoms. The summed E-state index contributed by atoms with van der Waals surface area (Å²) >= 11 is 0. The second-order valence-corrected chi connectivity index (χ2v) is 6.60. The van der Waals surface area contributed by atoms with Crippen LogP contribution in [-0.4, -0.2) is 39.1 Å². The van der Waals surface area contributed by atoms with Gasteiger partial charge in [0, 0.05) is 18.8 Å². The predicted molar refractivity (Wildman–Crippen MR) is 91.6 cm³/mol. The van der Waals surface area contributed by atoms with Crippen molar-refractivity contribution in [1.29, 1.82) is 0 Å². The number of aromatic nitrogens is 1. The number of amides is 2. The number of nitrogens with zero attached hydrogens (tertiary/aromatic N) is 1. The molecule has 2 aromatic rings. The Morgan fingerprint density at radius 1 is 1.12 bits per heavy atom. The van der Waals surface area contributed by atoms with Gasteiger partial charge in [0.1, 0.15) is 5.75 Å². The van der Waals surface area contributed by atoms with Crippen LogP contribution in [0.4, 0.5) is 4.79 Å². The van der Waals surface area contributed by atoms with Crippen molar-refractivity contribution in [1.82, 2.24) is 15.0 Å². The number of pyridine rings is 1. The highest BCUT2D eigenvalue weighted by atomic mass is 32.2. The van der Waals surface area contributed by atoms with Crippen molar-refractivity contribution in [3.05, 3.63) is 48.2 Å². The fraction of sp³-hybridized carbons (Fsp3) is 0.188. The van der Waals surface area contributed by atoms with Crippen molar-refractivity contribution in [3.63, 3.8) is 0 Å². The number of hydrogen-bond acceptors (Lipinski definition) is 7. The Morgan fingerprint density at radius 2 is 1.81 bits per heavy atom. The van der Waals surface area contributed by atoms with E-state index in [-0.39, 0.29) is 16.3 Å². The Hall–Kier alpha value is -3.14. The topological polar surface area (TPSA) is 124 Å². The van der Waals surface area contributed by atoms with Crippen LogP contribution in [0.5, 0.6) is 11.6 Å². The van der Waals surface area contributed by atoms with Crippen LogP contribution in [0.15, 0.2) is 47.5 Å². The van der Waals surface area contributed by atoms with Gasteiger partial charge >= 0.3 is 6.09 Å². The summed E-state index contributed by atoms with van der Waals surface area (Å²) in [4.78, 5) is 27.1. The Labute approximate surface area is 150 Å². The van der Waals surface area contributed by atoms with Gasteiger partial charge in [0.2, 0.25) is 5.88 Å². The largest absolute Gasteiger partial charge is 0.497 e. The summed E-state index contributed by atoms with van der Waals surface area (Å²) in [5.41, 5.74) is -0.00895. The van der Waals surface area contributed by atoms with Crippen LogP contribution < -0.4 is 19.5 Å². The number of sulfonamides is 1. The van der Waals surface area contributed by atoms with Crippen molar-refractivity contribution in [3.8, 4) is 11.6 Å². The Morgan fingerprint density at radius 3 is 2.35 bits per heavy atom. The summed E-state index contributed by atoms with van der Waals surface area (Å²) in [6.45, 7) is 2.12. The smallest absolute Gasteiger partial charge is 0.413 e. The van der Waals surface area contributed by atoms with E-state index in [0.717, 1.165) is 6.20 Å². The Bertz CT molecular complexity index is 879. The number of hydrogen-bond donors (Lipinski definition) is 2. The summed E-state index contributed by atoms with van der Waals surface area (Å²) < 4.78 is 36.2. The average molecular weight is 379 g/mol. The van der Waals surface area contributed by atoms with E-state index >= 15 is 0 Å². The molecule has 0 radical (unpaired) electrons. The van der Waals surface area contributed by atoms with Crippen molar-refractivity contribution in [2.45, 2.75) is 11.8 Å². The van der Waals surface area contributed by atoms with Crippen LogP contribution in [0.1, 0.15) is 17.3 Å². The van der Waals surface area contributed by atoms with Gasteiger partial charge < -0.3 is 14.8 Å². The third kappa shape index (κ3) is 4.93. The molecule has 1 aromatic heterocycles. The van der Waals surface area contributed by atoms with Crippen molar-refractivity contribution in [2.75, 3.05) is 13.7 Å². The molecule has 10 heteroatoms. The predicted octanol–water partition coefficient (Wildman–Crippen LogP) is 1.32. The highest BCUT2D eigenvalue weighted by molar-refractivity contribution is 7.90. The standard InChI is InChI=1S/C16H17N3O6S/c1-3-17-16(21)25-14-9-4-11(10-18-14)15(20)19-26(22,23)13-7-5-12(24-2)6-8-13/h4-10H,3H2,1-2H3,(H,17,21)(H,19,20). The van der Waals surface area contributed by atoms with Crippen LogP contribution in [0.2, 0.25) is 0 Å². The molecule has 0 aliphatic heterocycles. The van der Waals surface area contributed by atoms with E-state index in [1.807, 2.05) is 4.72 Å². The van der Waals surface area contributed by atoms with Crippen LogP contribution in [0, 0.1) is 0 Å². The Balaban J connectivity index is 2.07. The zero-order valence-electron chi connectivity index (χ0n) is 14.1. The van der Waals surface area contributed by atoms with Gasteiger partial charge in [-0.2, -0.15) is 0 Å². The van der Waals surface area contributed by atoms with E-state index in [2.05, 4.69) is 10.3 Å². The zero-order valence-corrected chi connectivity index (χ0v) is 14.9. The van der Waals surface area contributed by atoms with Gasteiger partial charge in [0.25, 0.3) is 15.9 Å². The van der Waals surface area contributed by atoms with Crippen molar-refractivity contribution >= 4 is 22.0 Å². The number of ether oxygens (including phenoxy) is 2. The highest BCUT2D eigenvalue weighted by Gasteiger charge is 2.19. The van der Waals surface area contributed by atoms with Crippen molar-refractivity contribution in [2.24, 2.45) is 0 Å².